The summed E-state index contributed by atoms with van der Waals surface area (Å²) in [7, 11) is 0. The largest absolute Gasteiger partial charge is 0.353 e. The summed E-state index contributed by atoms with van der Waals surface area (Å²) >= 11 is 0. The Kier molecular flexibility index (Phi) is 3.78. The highest BCUT2D eigenvalue weighted by atomic mass is 16.1. The van der Waals surface area contributed by atoms with Crippen molar-refractivity contribution in [1.29, 1.82) is 0 Å². The van der Waals surface area contributed by atoms with Crippen molar-refractivity contribution in [1.82, 2.24) is 10.6 Å². The van der Waals surface area contributed by atoms with Crippen LogP contribution in [0.1, 0.15) is 38.5 Å². The second-order valence-electron chi connectivity index (χ2n) is 4.52. The summed E-state index contributed by atoms with van der Waals surface area (Å²) in [4.78, 5) is 11.5. The van der Waals surface area contributed by atoms with Crippen molar-refractivity contribution in [3.8, 4) is 0 Å². The number of nitrogens with one attached hydrogen (secondary N) is 2. The lowest BCUT2D eigenvalue weighted by molar-refractivity contribution is -0.122. The molecular formula is C12H20N2O. The zero-order valence-electron chi connectivity index (χ0n) is 9.22. The average molecular weight is 208 g/mol. The first kappa shape index (κ1) is 10.7. The van der Waals surface area contributed by atoms with E-state index in [1.807, 2.05) is 0 Å². The van der Waals surface area contributed by atoms with Gasteiger partial charge in [-0.1, -0.05) is 11.6 Å². The Morgan fingerprint density at radius 1 is 1.53 bits per heavy atom. The Balaban J connectivity index is 1.63. The smallest absolute Gasteiger partial charge is 0.220 e. The van der Waals surface area contributed by atoms with E-state index in [1.54, 1.807) is 0 Å². The molecule has 84 valence electrons. The third-order valence-electron chi connectivity index (χ3n) is 3.25. The molecule has 3 nitrogen and oxygen atoms in total. The lowest BCUT2D eigenvalue weighted by atomic mass is 9.93. The first-order chi connectivity index (χ1) is 7.34. The van der Waals surface area contributed by atoms with Gasteiger partial charge >= 0.3 is 0 Å². The maximum absolute atomic E-state index is 11.5. The number of rotatable bonds is 4. The molecule has 0 bridgehead atoms. The van der Waals surface area contributed by atoms with Gasteiger partial charge in [-0.25, -0.2) is 0 Å². The van der Waals surface area contributed by atoms with Crippen molar-refractivity contribution >= 4 is 5.91 Å². The summed E-state index contributed by atoms with van der Waals surface area (Å²) in [5.41, 5.74) is 1.39. The highest BCUT2D eigenvalue weighted by Crippen LogP contribution is 2.18. The topological polar surface area (TPSA) is 41.1 Å². The number of amides is 1. The number of carbonyl (C=O) groups excluding carboxylic acids is 1. The molecule has 0 aromatic rings. The molecule has 2 rings (SSSR count). The summed E-state index contributed by atoms with van der Waals surface area (Å²) in [6.07, 6.45) is 8.59. The van der Waals surface area contributed by atoms with Crippen molar-refractivity contribution < 1.29 is 4.79 Å². The molecule has 0 aromatic heterocycles. The third kappa shape index (κ3) is 3.34. The first-order valence-corrected chi connectivity index (χ1v) is 6.02. The van der Waals surface area contributed by atoms with Gasteiger partial charge in [-0.05, 0) is 38.6 Å². The molecule has 1 saturated carbocycles. The van der Waals surface area contributed by atoms with Crippen molar-refractivity contribution in [2.45, 2.75) is 44.6 Å². The average Bonchev–Trinajstić information content (AvgIpc) is 2.22. The van der Waals surface area contributed by atoms with E-state index in [-0.39, 0.29) is 5.91 Å². The van der Waals surface area contributed by atoms with Gasteiger partial charge < -0.3 is 10.6 Å². The van der Waals surface area contributed by atoms with Crippen LogP contribution in [0.2, 0.25) is 0 Å². The van der Waals surface area contributed by atoms with Gasteiger partial charge in [0, 0.05) is 19.0 Å². The molecule has 0 unspecified atom stereocenters. The van der Waals surface area contributed by atoms with Gasteiger partial charge in [-0.15, -0.1) is 0 Å². The van der Waals surface area contributed by atoms with Crippen LogP contribution in [0.4, 0.5) is 0 Å². The second-order valence-corrected chi connectivity index (χ2v) is 4.52. The summed E-state index contributed by atoms with van der Waals surface area (Å²) in [6.45, 7) is 2.05. The molecule has 1 fully saturated rings. The van der Waals surface area contributed by atoms with Crippen molar-refractivity contribution in [2.24, 2.45) is 0 Å². The normalized spacial score (nSPS) is 21.7. The standard InChI is InChI=1S/C12H20N2O/c15-12(14-11-4-1-5-11)7-6-10-3-2-8-13-9-10/h3,11,13H,1-2,4-9H2,(H,14,15). The Morgan fingerprint density at radius 3 is 3.00 bits per heavy atom. The van der Waals surface area contributed by atoms with Crippen molar-refractivity contribution in [3.63, 3.8) is 0 Å². The van der Waals surface area contributed by atoms with Gasteiger partial charge in [0.05, 0.1) is 0 Å². The predicted molar refractivity (Wildman–Crippen MR) is 60.6 cm³/mol. The van der Waals surface area contributed by atoms with Gasteiger partial charge in [0.25, 0.3) is 0 Å². The predicted octanol–water partition coefficient (Wildman–Crippen LogP) is 1.35. The van der Waals surface area contributed by atoms with E-state index in [9.17, 15) is 4.79 Å². The highest BCUT2D eigenvalue weighted by molar-refractivity contribution is 5.76. The van der Waals surface area contributed by atoms with E-state index in [1.165, 1.54) is 24.8 Å². The summed E-state index contributed by atoms with van der Waals surface area (Å²) < 4.78 is 0. The van der Waals surface area contributed by atoms with Crippen LogP contribution in [0, 0.1) is 0 Å². The van der Waals surface area contributed by atoms with Crippen LogP contribution in [-0.2, 0) is 4.79 Å². The quantitative estimate of drug-likeness (QED) is 0.685. The van der Waals surface area contributed by atoms with Gasteiger partial charge in [0.15, 0.2) is 0 Å². The van der Waals surface area contributed by atoms with Gasteiger partial charge in [0.1, 0.15) is 0 Å². The van der Waals surface area contributed by atoms with E-state index in [0.717, 1.165) is 25.9 Å². The SMILES string of the molecule is O=C(CCC1=CCCNC1)NC1CCC1. The fraction of sp³-hybridized carbons (Fsp3) is 0.750. The Bertz CT molecular complexity index is 256. The summed E-state index contributed by atoms with van der Waals surface area (Å²) in [6, 6.07) is 0.482. The summed E-state index contributed by atoms with van der Waals surface area (Å²) in [5, 5.41) is 6.39. The van der Waals surface area contributed by atoms with Crippen LogP contribution in [0.5, 0.6) is 0 Å². The minimum absolute atomic E-state index is 0.228. The van der Waals surface area contributed by atoms with E-state index in [0.29, 0.717) is 12.5 Å². The Morgan fingerprint density at radius 2 is 2.40 bits per heavy atom. The van der Waals surface area contributed by atoms with E-state index in [2.05, 4.69) is 16.7 Å². The Hall–Kier alpha value is -0.830. The number of hydrogen-bond acceptors (Lipinski definition) is 2. The minimum Gasteiger partial charge on any atom is -0.353 e. The van der Waals surface area contributed by atoms with Crippen LogP contribution in [-0.4, -0.2) is 25.0 Å². The number of hydrogen-bond donors (Lipinski definition) is 2. The minimum atomic E-state index is 0.228. The van der Waals surface area contributed by atoms with Gasteiger partial charge in [0.2, 0.25) is 5.91 Å². The monoisotopic (exact) mass is 208 g/mol. The molecule has 2 aliphatic rings. The molecule has 1 heterocycles. The zero-order chi connectivity index (χ0) is 10.5. The fourth-order valence-electron chi connectivity index (χ4n) is 2.02. The lowest BCUT2D eigenvalue weighted by Gasteiger charge is -2.26. The molecule has 15 heavy (non-hydrogen) atoms. The molecule has 0 saturated heterocycles. The molecule has 2 N–H and O–H groups in total. The van der Waals surface area contributed by atoms with E-state index < -0.39 is 0 Å². The number of carbonyl (C=O) groups is 1. The van der Waals surface area contributed by atoms with Gasteiger partial charge in [-0.2, -0.15) is 0 Å². The lowest BCUT2D eigenvalue weighted by Crippen LogP contribution is -2.39. The summed E-state index contributed by atoms with van der Waals surface area (Å²) in [5.74, 6) is 0.228. The highest BCUT2D eigenvalue weighted by Gasteiger charge is 2.19. The molecule has 0 spiro atoms. The second kappa shape index (κ2) is 5.31. The molecule has 0 atom stereocenters. The fourth-order valence-corrected chi connectivity index (χ4v) is 2.02. The van der Waals surface area contributed by atoms with Crippen LogP contribution >= 0.6 is 0 Å². The van der Waals surface area contributed by atoms with Crippen LogP contribution in [0.15, 0.2) is 11.6 Å². The van der Waals surface area contributed by atoms with Crippen LogP contribution < -0.4 is 10.6 Å². The third-order valence-corrected chi connectivity index (χ3v) is 3.25. The van der Waals surface area contributed by atoms with Gasteiger partial charge in [-0.3, -0.25) is 4.79 Å². The molecular weight excluding hydrogens is 188 g/mol. The molecule has 0 radical (unpaired) electrons. The van der Waals surface area contributed by atoms with Crippen LogP contribution in [0.25, 0.3) is 0 Å². The van der Waals surface area contributed by atoms with Crippen molar-refractivity contribution in [2.75, 3.05) is 13.1 Å². The van der Waals surface area contributed by atoms with Crippen molar-refractivity contribution in [3.05, 3.63) is 11.6 Å². The first-order valence-electron chi connectivity index (χ1n) is 6.02. The zero-order valence-corrected chi connectivity index (χ0v) is 9.22. The van der Waals surface area contributed by atoms with E-state index >= 15 is 0 Å². The van der Waals surface area contributed by atoms with Crippen LogP contribution in [0.3, 0.4) is 0 Å². The molecule has 3 heteroatoms. The Labute approximate surface area is 91.3 Å². The molecule has 0 aromatic carbocycles. The molecule has 1 amide bonds. The maximum Gasteiger partial charge on any atom is 0.220 e. The molecule has 1 aliphatic carbocycles. The molecule has 1 aliphatic heterocycles. The van der Waals surface area contributed by atoms with E-state index in [4.69, 9.17) is 0 Å². The maximum atomic E-state index is 11.5.